The zero-order valence-corrected chi connectivity index (χ0v) is 14.1. The molecule has 0 fully saturated rings. The number of nitrogens with one attached hydrogen (secondary N) is 1. The molecule has 2 aromatic carbocycles. The average Bonchev–Trinajstić information content (AvgIpc) is 3.35. The number of nitrogens with zero attached hydrogens (tertiary/aromatic N) is 5. The van der Waals surface area contributed by atoms with Gasteiger partial charge in [-0.25, -0.2) is 14.3 Å². The molecule has 0 amide bonds. The molecule has 0 aliphatic rings. The number of fused-ring (bicyclic) bond motifs is 2. The fourth-order valence-corrected chi connectivity index (χ4v) is 1.96. The Hall–Kier alpha value is -4.19. The molecule has 4 rings (SSSR count). The number of H-pyrrole nitrogens is 1. The van der Waals surface area contributed by atoms with E-state index in [1.807, 2.05) is 24.3 Å². The van der Waals surface area contributed by atoms with E-state index in [0.717, 1.165) is 15.7 Å². The highest BCUT2D eigenvalue weighted by Crippen LogP contribution is 2.13. The monoisotopic (exact) mass is 386 g/mol. The predicted octanol–water partition coefficient (Wildman–Crippen LogP) is 0.235. The summed E-state index contributed by atoms with van der Waals surface area (Å²) in [6, 6.07) is 14.5. The van der Waals surface area contributed by atoms with Crippen molar-refractivity contribution in [3.8, 4) is 0 Å². The summed E-state index contributed by atoms with van der Waals surface area (Å²) in [5.74, 6) is -2.79. The molecule has 0 saturated heterocycles. The van der Waals surface area contributed by atoms with Gasteiger partial charge in [-0.3, -0.25) is 4.79 Å². The Morgan fingerprint density at radius 2 is 1.46 bits per heavy atom. The number of aliphatic carboxylic acids is 2. The molecule has 1 unspecified atom stereocenters. The second kappa shape index (κ2) is 9.49. The van der Waals surface area contributed by atoms with E-state index >= 15 is 0 Å². The molecule has 4 N–H and O–H groups in total. The van der Waals surface area contributed by atoms with Crippen LogP contribution in [-0.4, -0.2) is 63.9 Å². The van der Waals surface area contributed by atoms with Crippen LogP contribution in [0.3, 0.4) is 0 Å². The molecule has 2 aromatic heterocycles. The molecular weight excluding hydrogens is 372 g/mol. The fourth-order valence-electron chi connectivity index (χ4n) is 1.96. The summed E-state index contributed by atoms with van der Waals surface area (Å²) in [7, 11) is 0. The number of benzene rings is 2. The van der Waals surface area contributed by atoms with Gasteiger partial charge >= 0.3 is 11.9 Å². The van der Waals surface area contributed by atoms with E-state index in [1.165, 1.54) is 0 Å². The number of carboxylic acids is 2. The number of aldehydes is 1. The topological polar surface area (TPSA) is 184 Å². The highest BCUT2D eigenvalue weighted by molar-refractivity contribution is 6.19. The molecule has 0 spiro atoms. The van der Waals surface area contributed by atoms with Gasteiger partial charge in [-0.2, -0.15) is 15.4 Å². The lowest BCUT2D eigenvalue weighted by atomic mass is 10.3. The fraction of sp³-hybridized carbons (Fsp3) is 0.0625. The van der Waals surface area contributed by atoms with Gasteiger partial charge in [0.1, 0.15) is 16.6 Å². The van der Waals surface area contributed by atoms with E-state index in [0.29, 0.717) is 11.0 Å². The van der Waals surface area contributed by atoms with Crippen molar-refractivity contribution < 1.29 is 29.7 Å². The van der Waals surface area contributed by atoms with E-state index in [2.05, 4.69) is 25.7 Å². The molecule has 2 heterocycles. The third kappa shape index (κ3) is 5.15. The van der Waals surface area contributed by atoms with E-state index in [9.17, 15) is 9.90 Å². The van der Waals surface area contributed by atoms with Gasteiger partial charge in [0.25, 0.3) is 0 Å². The van der Waals surface area contributed by atoms with Gasteiger partial charge in [-0.15, -0.1) is 5.10 Å². The van der Waals surface area contributed by atoms with E-state index < -0.39 is 18.2 Å². The summed E-state index contributed by atoms with van der Waals surface area (Å²) >= 11 is 0. The summed E-state index contributed by atoms with van der Waals surface area (Å²) in [4.78, 5) is 28.4. The average molecular weight is 386 g/mol. The first-order valence-electron chi connectivity index (χ1n) is 7.58. The van der Waals surface area contributed by atoms with Gasteiger partial charge in [0.15, 0.2) is 0 Å². The van der Waals surface area contributed by atoms with Crippen LogP contribution in [0.1, 0.15) is 6.23 Å². The number of aromatic nitrogens is 6. The molecule has 0 radical (unpaired) electrons. The molecule has 0 saturated carbocycles. The molecular formula is C16H14N6O6. The first kappa shape index (κ1) is 20.1. The Balaban J connectivity index is 0.000000171. The van der Waals surface area contributed by atoms with Crippen molar-refractivity contribution in [1.82, 2.24) is 30.4 Å². The zero-order valence-electron chi connectivity index (χ0n) is 14.1. The van der Waals surface area contributed by atoms with Crippen molar-refractivity contribution in [3.63, 3.8) is 0 Å². The smallest absolute Gasteiger partial charge is 0.368 e. The van der Waals surface area contributed by atoms with Gasteiger partial charge in [-0.1, -0.05) is 29.5 Å². The van der Waals surface area contributed by atoms with Crippen molar-refractivity contribution in [3.05, 3.63) is 48.5 Å². The first-order valence-corrected chi connectivity index (χ1v) is 7.58. The van der Waals surface area contributed by atoms with Gasteiger partial charge in [0.05, 0.1) is 5.52 Å². The second-order valence-electron chi connectivity index (χ2n) is 5.00. The number of para-hydroxylation sites is 3. The third-order valence-electron chi connectivity index (χ3n) is 3.15. The van der Waals surface area contributed by atoms with Crippen molar-refractivity contribution in [2.75, 3.05) is 0 Å². The van der Waals surface area contributed by atoms with Crippen LogP contribution in [0.4, 0.5) is 0 Å². The van der Waals surface area contributed by atoms with E-state index in [1.54, 1.807) is 24.3 Å². The number of rotatable bonds is 3. The quantitative estimate of drug-likeness (QED) is 0.281. The third-order valence-corrected chi connectivity index (χ3v) is 3.15. The van der Waals surface area contributed by atoms with Gasteiger partial charge in [0, 0.05) is 0 Å². The highest BCUT2D eigenvalue weighted by atomic mass is 16.4. The zero-order chi connectivity index (χ0) is 20.5. The van der Waals surface area contributed by atoms with Gasteiger partial charge in [0.2, 0.25) is 12.5 Å². The molecule has 12 heteroatoms. The normalized spacial score (nSPS) is 10.9. The number of carbonyl (C=O) groups excluding carboxylic acids is 1. The van der Waals surface area contributed by atoms with Crippen LogP contribution >= 0.6 is 0 Å². The molecule has 0 aliphatic heterocycles. The number of hydrogen-bond acceptors (Lipinski definition) is 8. The molecule has 144 valence electrons. The van der Waals surface area contributed by atoms with Crippen molar-refractivity contribution >= 4 is 40.3 Å². The number of aromatic amines is 1. The molecule has 1 atom stereocenters. The van der Waals surface area contributed by atoms with Crippen LogP contribution in [0.25, 0.3) is 22.1 Å². The Morgan fingerprint density at radius 3 is 1.96 bits per heavy atom. The van der Waals surface area contributed by atoms with Gasteiger partial charge < -0.3 is 15.3 Å². The summed E-state index contributed by atoms with van der Waals surface area (Å²) in [5.41, 5.74) is 2.87. The van der Waals surface area contributed by atoms with Crippen LogP contribution < -0.4 is 0 Å². The number of carbonyl (C=O) groups is 3. The Labute approximate surface area is 156 Å². The van der Waals surface area contributed by atoms with Crippen LogP contribution in [-0.2, 0) is 14.4 Å². The minimum absolute atomic E-state index is 0.167. The molecule has 0 bridgehead atoms. The second-order valence-corrected chi connectivity index (χ2v) is 5.00. The van der Waals surface area contributed by atoms with Crippen LogP contribution in [0.15, 0.2) is 48.5 Å². The predicted molar refractivity (Wildman–Crippen MR) is 94.0 cm³/mol. The standard InChI is InChI=1S/C8H7N3O3.C6H5N3.C2H2O3/c12-7(8(13)14)11-6-4-2-1-3-5(6)9-10-11;1-2-4-6-5(3-1)7-9-8-6;3-1-2(4)5/h1-4,7,12H,(H,13,14);1-4H,(H,7,8,9);1H,(H,4,5). The summed E-state index contributed by atoms with van der Waals surface area (Å²) < 4.78 is 0.956. The van der Waals surface area contributed by atoms with Crippen molar-refractivity contribution in [1.29, 1.82) is 0 Å². The number of aliphatic hydroxyl groups is 1. The SMILES string of the molecule is O=C(O)C(O)n1nnc2ccccc21.O=CC(=O)O.c1ccc2n[nH]nc2c1. The van der Waals surface area contributed by atoms with Crippen LogP contribution in [0.5, 0.6) is 0 Å². The number of aliphatic hydroxyl groups excluding tert-OH is 1. The maximum atomic E-state index is 10.5. The Kier molecular flexibility index (Phi) is 6.82. The van der Waals surface area contributed by atoms with Crippen LogP contribution in [0.2, 0.25) is 0 Å². The lowest BCUT2D eigenvalue weighted by molar-refractivity contribution is -0.152. The maximum Gasteiger partial charge on any atom is 0.368 e. The summed E-state index contributed by atoms with van der Waals surface area (Å²) in [6.45, 7) is 0. The minimum atomic E-state index is -1.69. The summed E-state index contributed by atoms with van der Waals surface area (Å²) in [5, 5.41) is 42.7. The maximum absolute atomic E-state index is 10.5. The number of carboxylic acid groups (broad SMARTS) is 2. The lowest BCUT2D eigenvalue weighted by Gasteiger charge is -2.04. The van der Waals surface area contributed by atoms with Gasteiger partial charge in [-0.05, 0) is 24.3 Å². The molecule has 4 aromatic rings. The molecule has 28 heavy (non-hydrogen) atoms. The minimum Gasteiger partial charge on any atom is -0.478 e. The largest absolute Gasteiger partial charge is 0.478 e. The highest BCUT2D eigenvalue weighted by Gasteiger charge is 2.18. The van der Waals surface area contributed by atoms with E-state index in [4.69, 9.17) is 19.8 Å². The lowest BCUT2D eigenvalue weighted by Crippen LogP contribution is -2.19. The van der Waals surface area contributed by atoms with Crippen molar-refractivity contribution in [2.45, 2.75) is 6.23 Å². The first-order chi connectivity index (χ1) is 13.4. The Bertz CT molecular complexity index is 1060. The number of hydrogen-bond donors (Lipinski definition) is 4. The van der Waals surface area contributed by atoms with Crippen LogP contribution in [0, 0.1) is 0 Å². The van der Waals surface area contributed by atoms with Crippen molar-refractivity contribution in [2.24, 2.45) is 0 Å². The molecule has 0 aliphatic carbocycles. The summed E-state index contributed by atoms with van der Waals surface area (Å²) in [6.07, 6.45) is -1.86. The molecule has 12 nitrogen and oxygen atoms in total. The van der Waals surface area contributed by atoms with E-state index in [-0.39, 0.29) is 6.29 Å². The Morgan fingerprint density at radius 1 is 0.964 bits per heavy atom.